The Balaban J connectivity index is 1.94. The van der Waals surface area contributed by atoms with Crippen LogP contribution in [0.3, 0.4) is 0 Å². The number of rotatable bonds is 4. The van der Waals surface area contributed by atoms with Gasteiger partial charge in [0.25, 0.3) is 5.56 Å². The largest absolute Gasteiger partial charge is 0.497 e. The number of methoxy groups -OCH3 is 1. The zero-order chi connectivity index (χ0) is 18.1. The molecule has 2 aromatic heterocycles. The fraction of sp³-hybridized carbons (Fsp3) is 0.150. The summed E-state index contributed by atoms with van der Waals surface area (Å²) < 4.78 is 7.64. The van der Waals surface area contributed by atoms with Crippen LogP contribution >= 0.6 is 11.3 Å². The molecule has 0 aliphatic rings. The quantitative estimate of drug-likeness (QED) is 0.552. The molecule has 26 heavy (non-hydrogen) atoms. The summed E-state index contributed by atoms with van der Waals surface area (Å²) in [5, 5.41) is 5.52. The standard InChI is InChI=1S/C20H17N3O2S/c1-13-21-18-19(26-13)17(15-9-6-10-16(11-15)25-2)22-23(20(18)24)12-14-7-4-3-5-8-14/h3-11H,12H2,1-2H3. The molecule has 5 nitrogen and oxygen atoms in total. The Hall–Kier alpha value is -2.99. The van der Waals surface area contributed by atoms with Crippen molar-refractivity contribution in [3.8, 4) is 17.0 Å². The molecule has 0 saturated carbocycles. The first-order valence-electron chi connectivity index (χ1n) is 8.22. The van der Waals surface area contributed by atoms with Gasteiger partial charge in [0.05, 0.1) is 23.4 Å². The zero-order valence-corrected chi connectivity index (χ0v) is 15.3. The molecule has 0 aliphatic heterocycles. The van der Waals surface area contributed by atoms with Gasteiger partial charge in [-0.15, -0.1) is 11.3 Å². The molecule has 0 radical (unpaired) electrons. The highest BCUT2D eigenvalue weighted by Gasteiger charge is 2.17. The second-order valence-electron chi connectivity index (χ2n) is 5.94. The number of benzene rings is 2. The third kappa shape index (κ3) is 2.99. The van der Waals surface area contributed by atoms with Crippen LogP contribution in [0.4, 0.5) is 0 Å². The SMILES string of the molecule is COc1cccc(-c2nn(Cc3ccccc3)c(=O)c3nc(C)sc23)c1. The van der Waals surface area contributed by atoms with E-state index in [9.17, 15) is 4.79 Å². The molecule has 0 N–H and O–H groups in total. The summed E-state index contributed by atoms with van der Waals surface area (Å²) in [4.78, 5) is 17.3. The summed E-state index contributed by atoms with van der Waals surface area (Å²) in [6, 6.07) is 17.5. The first-order valence-corrected chi connectivity index (χ1v) is 9.04. The minimum Gasteiger partial charge on any atom is -0.497 e. The number of thiazole rings is 1. The van der Waals surface area contributed by atoms with E-state index >= 15 is 0 Å². The predicted molar refractivity (Wildman–Crippen MR) is 104 cm³/mol. The van der Waals surface area contributed by atoms with E-state index in [1.165, 1.54) is 16.0 Å². The Labute approximate surface area is 154 Å². The van der Waals surface area contributed by atoms with Crippen molar-refractivity contribution in [2.45, 2.75) is 13.5 Å². The number of hydrogen-bond donors (Lipinski definition) is 0. The van der Waals surface area contributed by atoms with Crippen molar-refractivity contribution in [3.05, 3.63) is 75.5 Å². The van der Waals surface area contributed by atoms with Crippen molar-refractivity contribution in [2.75, 3.05) is 7.11 Å². The van der Waals surface area contributed by atoms with Gasteiger partial charge in [-0.05, 0) is 24.6 Å². The van der Waals surface area contributed by atoms with Crippen molar-refractivity contribution < 1.29 is 4.74 Å². The van der Waals surface area contributed by atoms with Gasteiger partial charge in [-0.1, -0.05) is 42.5 Å². The van der Waals surface area contributed by atoms with E-state index in [1.54, 1.807) is 7.11 Å². The van der Waals surface area contributed by atoms with Crippen LogP contribution in [-0.2, 0) is 6.54 Å². The van der Waals surface area contributed by atoms with Gasteiger partial charge in [0.1, 0.15) is 11.4 Å². The lowest BCUT2D eigenvalue weighted by Gasteiger charge is -2.09. The number of nitrogens with zero attached hydrogens (tertiary/aromatic N) is 3. The van der Waals surface area contributed by atoms with Gasteiger partial charge in [0, 0.05) is 5.56 Å². The molecule has 0 atom stereocenters. The lowest BCUT2D eigenvalue weighted by molar-refractivity contribution is 0.415. The van der Waals surface area contributed by atoms with Gasteiger partial charge in [-0.3, -0.25) is 4.79 Å². The Morgan fingerprint density at radius 3 is 2.69 bits per heavy atom. The summed E-state index contributed by atoms with van der Waals surface area (Å²) >= 11 is 1.49. The summed E-state index contributed by atoms with van der Waals surface area (Å²) in [5.41, 5.74) is 2.97. The molecule has 0 saturated heterocycles. The highest BCUT2D eigenvalue weighted by molar-refractivity contribution is 7.19. The summed E-state index contributed by atoms with van der Waals surface area (Å²) in [7, 11) is 1.63. The second-order valence-corrected chi connectivity index (χ2v) is 7.14. The third-order valence-electron chi connectivity index (χ3n) is 4.13. The molecule has 0 fully saturated rings. The lowest BCUT2D eigenvalue weighted by atomic mass is 10.1. The lowest BCUT2D eigenvalue weighted by Crippen LogP contribution is -2.24. The number of aromatic nitrogens is 3. The number of hydrogen-bond acceptors (Lipinski definition) is 5. The fourth-order valence-electron chi connectivity index (χ4n) is 2.89. The molecule has 6 heteroatoms. The van der Waals surface area contributed by atoms with Crippen LogP contribution in [0.2, 0.25) is 0 Å². The zero-order valence-electron chi connectivity index (χ0n) is 14.5. The van der Waals surface area contributed by atoms with E-state index in [0.717, 1.165) is 32.3 Å². The van der Waals surface area contributed by atoms with Gasteiger partial charge in [-0.25, -0.2) is 9.67 Å². The molecule has 4 aromatic rings. The Kier molecular flexibility index (Phi) is 4.26. The Morgan fingerprint density at radius 2 is 1.92 bits per heavy atom. The average molecular weight is 363 g/mol. The smallest absolute Gasteiger partial charge is 0.294 e. The molecule has 0 unspecified atom stereocenters. The molecule has 130 valence electrons. The van der Waals surface area contributed by atoms with Crippen molar-refractivity contribution in [2.24, 2.45) is 0 Å². The number of aryl methyl sites for hydroxylation is 1. The Morgan fingerprint density at radius 1 is 1.12 bits per heavy atom. The fourth-order valence-corrected chi connectivity index (χ4v) is 3.81. The first-order chi connectivity index (χ1) is 12.7. The molecule has 4 rings (SSSR count). The topological polar surface area (TPSA) is 57.0 Å². The van der Waals surface area contributed by atoms with E-state index in [4.69, 9.17) is 4.74 Å². The van der Waals surface area contributed by atoms with Crippen LogP contribution in [0.25, 0.3) is 21.5 Å². The van der Waals surface area contributed by atoms with Crippen molar-refractivity contribution >= 4 is 21.6 Å². The van der Waals surface area contributed by atoms with Gasteiger partial charge >= 0.3 is 0 Å². The third-order valence-corrected chi connectivity index (χ3v) is 5.10. The van der Waals surface area contributed by atoms with E-state index in [1.807, 2.05) is 61.5 Å². The van der Waals surface area contributed by atoms with Crippen LogP contribution in [0.1, 0.15) is 10.6 Å². The van der Waals surface area contributed by atoms with Gasteiger partial charge in [0.2, 0.25) is 0 Å². The average Bonchev–Trinajstić information content (AvgIpc) is 3.07. The van der Waals surface area contributed by atoms with Crippen molar-refractivity contribution in [1.82, 2.24) is 14.8 Å². The molecule has 0 amide bonds. The summed E-state index contributed by atoms with van der Waals surface area (Å²) in [5.74, 6) is 0.750. The number of fused-ring (bicyclic) bond motifs is 1. The Bertz CT molecular complexity index is 1130. The molecular weight excluding hydrogens is 346 g/mol. The predicted octanol–water partition coefficient (Wildman–Crippen LogP) is 3.89. The summed E-state index contributed by atoms with van der Waals surface area (Å²) in [6.07, 6.45) is 0. The first kappa shape index (κ1) is 16.5. The maximum absolute atomic E-state index is 12.9. The van der Waals surface area contributed by atoms with E-state index < -0.39 is 0 Å². The van der Waals surface area contributed by atoms with Gasteiger partial charge in [0.15, 0.2) is 5.52 Å². The van der Waals surface area contributed by atoms with E-state index in [0.29, 0.717) is 12.1 Å². The monoisotopic (exact) mass is 363 g/mol. The second kappa shape index (κ2) is 6.72. The van der Waals surface area contributed by atoms with Crippen LogP contribution in [-0.4, -0.2) is 21.9 Å². The van der Waals surface area contributed by atoms with Crippen molar-refractivity contribution in [1.29, 1.82) is 0 Å². The van der Waals surface area contributed by atoms with Crippen molar-refractivity contribution in [3.63, 3.8) is 0 Å². The maximum Gasteiger partial charge on any atom is 0.294 e. The molecule has 0 bridgehead atoms. The molecule has 2 heterocycles. The summed E-state index contributed by atoms with van der Waals surface area (Å²) in [6.45, 7) is 2.31. The molecule has 0 spiro atoms. The van der Waals surface area contributed by atoms with Crippen LogP contribution < -0.4 is 10.3 Å². The number of ether oxygens (including phenoxy) is 1. The van der Waals surface area contributed by atoms with Crippen LogP contribution in [0.15, 0.2) is 59.4 Å². The van der Waals surface area contributed by atoms with Crippen LogP contribution in [0.5, 0.6) is 5.75 Å². The van der Waals surface area contributed by atoms with Crippen LogP contribution in [0, 0.1) is 6.92 Å². The van der Waals surface area contributed by atoms with E-state index in [2.05, 4.69) is 10.1 Å². The molecule has 2 aromatic carbocycles. The molecule has 0 aliphatic carbocycles. The van der Waals surface area contributed by atoms with Gasteiger partial charge in [-0.2, -0.15) is 5.10 Å². The molecular formula is C20H17N3O2S. The van der Waals surface area contributed by atoms with Gasteiger partial charge < -0.3 is 4.74 Å². The minimum atomic E-state index is -0.167. The highest BCUT2D eigenvalue weighted by Crippen LogP contribution is 2.31. The minimum absolute atomic E-state index is 0.167. The van der Waals surface area contributed by atoms with E-state index in [-0.39, 0.29) is 5.56 Å². The highest BCUT2D eigenvalue weighted by atomic mass is 32.1. The maximum atomic E-state index is 12.9. The normalized spacial score (nSPS) is 11.0.